The Labute approximate surface area is 346 Å². The van der Waals surface area contributed by atoms with Gasteiger partial charge in [0.25, 0.3) is 28.7 Å². The molecule has 0 atom stereocenters. The summed E-state index contributed by atoms with van der Waals surface area (Å²) in [4.78, 5) is 73.1. The van der Waals surface area contributed by atoms with Crippen LogP contribution in [-0.2, 0) is 13.6 Å². The molecule has 0 spiro atoms. The van der Waals surface area contributed by atoms with Crippen molar-refractivity contribution in [2.45, 2.75) is 36.1 Å². The molecule has 0 radical (unpaired) electrons. The van der Waals surface area contributed by atoms with E-state index < -0.39 is 23.7 Å². The largest absolute Gasteiger partial charge is 0.456 e. The Morgan fingerprint density at radius 3 is 2.09 bits per heavy atom. The first-order chi connectivity index (χ1) is 26.1. The number of hydrogen-bond acceptors (Lipinski definition) is 13. The number of nitrogen functional groups attached to an aromatic ring is 1. The molecule has 4 rings (SSSR count). The van der Waals surface area contributed by atoms with E-state index in [-0.39, 0.29) is 104 Å². The van der Waals surface area contributed by atoms with Crippen LogP contribution in [0.4, 0.5) is 11.4 Å². The molecule has 0 fully saturated rings. The molecular weight excluding hydrogens is 820 g/mol. The summed E-state index contributed by atoms with van der Waals surface area (Å²) in [7, 11) is -0.273. The zero-order valence-corrected chi connectivity index (χ0v) is 32.3. The molecule has 18 nitrogen and oxygen atoms in total. The molecule has 6 N–H and O–H groups in total. The van der Waals surface area contributed by atoms with Gasteiger partial charge < -0.3 is 40.5 Å². The fraction of sp³-hybridized carbons (Fsp3) is 0.297. The maximum Gasteiger partial charge on any atom is 0.332 e. The monoisotopic (exact) mass is 869 g/mol. The number of pyridine rings is 2. The third-order valence-corrected chi connectivity index (χ3v) is 9.21. The molecule has 0 saturated carbocycles. The Bertz CT molecular complexity index is 2090. The summed E-state index contributed by atoms with van der Waals surface area (Å²) in [6, 6.07) is 13.7. The number of amides is 3. The van der Waals surface area contributed by atoms with Gasteiger partial charge in [-0.2, -0.15) is 0 Å². The lowest BCUT2D eigenvalue weighted by Crippen LogP contribution is -2.27. The van der Waals surface area contributed by atoms with Crippen LogP contribution < -0.4 is 31.8 Å². The lowest BCUT2D eigenvalue weighted by atomic mass is 10.1. The van der Waals surface area contributed by atoms with Gasteiger partial charge in [-0.3, -0.25) is 43.6 Å². The van der Waals surface area contributed by atoms with E-state index in [9.17, 15) is 38.7 Å². The number of ether oxygens (including phenoxy) is 1. The molecule has 0 saturated heterocycles. The lowest BCUT2D eigenvalue weighted by molar-refractivity contribution is -0.384. The van der Waals surface area contributed by atoms with Crippen LogP contribution in [0.3, 0.4) is 0 Å². The van der Waals surface area contributed by atoms with Crippen LogP contribution in [0.2, 0.25) is 5.02 Å². The normalized spacial score (nSPS) is 9.83. The first-order valence-corrected chi connectivity index (χ1v) is 18.5. The minimum Gasteiger partial charge on any atom is -0.456 e. The number of aromatic nitrogens is 2. The number of rotatable bonds is 14. The van der Waals surface area contributed by atoms with Crippen LogP contribution in [0.1, 0.15) is 77.8 Å². The predicted molar refractivity (Wildman–Crippen MR) is 226 cm³/mol. The topological polar surface area (TPSA) is 264 Å². The SMILES string of the molecule is C.C.C.CCOP(=O)(CCNC(=O)c1cc(N)ccc1Oc1ccnc(C(=O)NC)c1)OCC.CNC(=O)c1cc(=O)cc[nH]1.O=C(Cl)c1cc([N+](=O)[O-])ccc1Cl. The van der Waals surface area contributed by atoms with Crippen molar-refractivity contribution in [3.63, 3.8) is 0 Å². The summed E-state index contributed by atoms with van der Waals surface area (Å²) in [5, 5.41) is 17.1. The fourth-order valence-electron chi connectivity index (χ4n) is 4.12. The van der Waals surface area contributed by atoms with Gasteiger partial charge in [0, 0.05) is 69.1 Å². The summed E-state index contributed by atoms with van der Waals surface area (Å²) in [6.07, 6.45) is 2.89. The number of non-ortho nitro benzene ring substituents is 1. The molecule has 4 aromatic rings. The summed E-state index contributed by atoms with van der Waals surface area (Å²) < 4.78 is 28.8. The van der Waals surface area contributed by atoms with Gasteiger partial charge >= 0.3 is 7.60 Å². The highest BCUT2D eigenvalue weighted by atomic mass is 35.5. The number of anilines is 1. The van der Waals surface area contributed by atoms with E-state index in [1.165, 1.54) is 62.9 Å². The molecule has 318 valence electrons. The van der Waals surface area contributed by atoms with Crippen molar-refractivity contribution < 1.29 is 42.5 Å². The Hall–Kier alpha value is -5.65. The van der Waals surface area contributed by atoms with Gasteiger partial charge in [0.15, 0.2) is 5.43 Å². The van der Waals surface area contributed by atoms with Crippen molar-refractivity contribution in [3.05, 3.63) is 121 Å². The number of nitrogens with one attached hydrogen (secondary N) is 4. The van der Waals surface area contributed by atoms with E-state index in [0.29, 0.717) is 11.4 Å². The van der Waals surface area contributed by atoms with E-state index in [1.807, 2.05) is 0 Å². The second-order valence-electron chi connectivity index (χ2n) is 10.5. The molecule has 0 aliphatic carbocycles. The molecule has 2 heterocycles. The molecule has 2 aromatic heterocycles. The summed E-state index contributed by atoms with van der Waals surface area (Å²) in [6.45, 7) is 3.98. The van der Waals surface area contributed by atoms with Crippen molar-refractivity contribution in [2.75, 3.05) is 45.7 Å². The smallest absolute Gasteiger partial charge is 0.332 e. The first-order valence-electron chi connectivity index (χ1n) is 16.0. The number of nitrogens with two attached hydrogens (primary N) is 1. The van der Waals surface area contributed by atoms with Gasteiger partial charge in [-0.05, 0) is 55.8 Å². The molecule has 0 unspecified atom stereocenters. The Morgan fingerprint density at radius 2 is 1.53 bits per heavy atom. The van der Waals surface area contributed by atoms with E-state index in [1.54, 1.807) is 32.0 Å². The van der Waals surface area contributed by atoms with Gasteiger partial charge in [0.2, 0.25) is 0 Å². The Kier molecular flexibility index (Phi) is 25.4. The van der Waals surface area contributed by atoms with E-state index in [2.05, 4.69) is 25.9 Å². The number of benzene rings is 2. The third-order valence-electron chi connectivity index (χ3n) is 6.61. The van der Waals surface area contributed by atoms with Gasteiger partial charge in [-0.25, -0.2) is 0 Å². The van der Waals surface area contributed by atoms with Crippen molar-refractivity contribution in [1.82, 2.24) is 25.9 Å². The fourth-order valence-corrected chi connectivity index (χ4v) is 6.03. The van der Waals surface area contributed by atoms with E-state index >= 15 is 0 Å². The highest BCUT2D eigenvalue weighted by Gasteiger charge is 2.24. The van der Waals surface area contributed by atoms with Crippen molar-refractivity contribution in [2.24, 2.45) is 0 Å². The Morgan fingerprint density at radius 1 is 0.897 bits per heavy atom. The minimum absolute atomic E-state index is 0. The van der Waals surface area contributed by atoms with E-state index in [0.717, 1.165) is 6.07 Å². The van der Waals surface area contributed by atoms with Crippen molar-refractivity contribution in [3.8, 4) is 11.5 Å². The van der Waals surface area contributed by atoms with Gasteiger partial charge in [0.1, 0.15) is 22.9 Å². The predicted octanol–water partition coefficient (Wildman–Crippen LogP) is 7.08. The van der Waals surface area contributed by atoms with Crippen LogP contribution >= 0.6 is 30.8 Å². The van der Waals surface area contributed by atoms with Crippen LogP contribution in [0.15, 0.2) is 77.9 Å². The number of nitro benzene ring substituents is 1. The average molecular weight is 871 g/mol. The molecule has 0 bridgehead atoms. The second-order valence-corrected chi connectivity index (χ2v) is 13.4. The average Bonchev–Trinajstić information content (AvgIpc) is 3.15. The number of aromatic amines is 1. The highest BCUT2D eigenvalue weighted by Crippen LogP contribution is 2.47. The van der Waals surface area contributed by atoms with Crippen LogP contribution in [0.25, 0.3) is 0 Å². The zero-order chi connectivity index (χ0) is 41.1. The first kappa shape index (κ1) is 54.5. The van der Waals surface area contributed by atoms with Crippen LogP contribution in [0.5, 0.6) is 11.5 Å². The number of hydrogen-bond donors (Lipinski definition) is 5. The summed E-state index contributed by atoms with van der Waals surface area (Å²) in [5.74, 6) is -0.568. The Balaban J connectivity index is 0. The maximum absolute atomic E-state index is 12.7. The van der Waals surface area contributed by atoms with Crippen LogP contribution in [0, 0.1) is 10.1 Å². The standard InChI is InChI=1S/C20H27N4O6P.C7H3Cl2NO3.C7H8N2O2.3CH4/c1-4-28-31(27,29-5-2)11-10-24-19(25)16-12-14(21)6-7-18(16)30-15-8-9-23-17(13-15)20(26)22-3;8-6-2-1-4(10(12)13)3-5(6)7(9)11;1-8-7(11)6-4-5(10)2-3-9-6;;;/h6-9,12-13H,4-5,10-11,21H2,1-3H3,(H,22,26)(H,24,25);1-3H;2-4H,1H3,(H,8,11)(H,9,10);3*1H4. The zero-order valence-electron chi connectivity index (χ0n) is 29.9. The molecule has 0 aliphatic heterocycles. The molecule has 3 amide bonds. The molecule has 0 aliphatic rings. The van der Waals surface area contributed by atoms with Crippen molar-refractivity contribution >= 4 is 65.1 Å². The van der Waals surface area contributed by atoms with Crippen molar-refractivity contribution in [1.29, 1.82) is 0 Å². The van der Waals surface area contributed by atoms with Gasteiger partial charge in [-0.1, -0.05) is 33.9 Å². The number of H-pyrrole nitrogens is 1. The number of nitrogens with zero attached hydrogens (tertiary/aromatic N) is 2. The molecular formula is C37H50Cl2N7O11P. The lowest BCUT2D eigenvalue weighted by Gasteiger charge is -2.17. The summed E-state index contributed by atoms with van der Waals surface area (Å²) >= 11 is 10.7. The molecule has 58 heavy (non-hydrogen) atoms. The molecule has 2 aromatic carbocycles. The van der Waals surface area contributed by atoms with Crippen LogP contribution in [-0.4, -0.2) is 77.9 Å². The van der Waals surface area contributed by atoms with Gasteiger partial charge in [-0.15, -0.1) is 0 Å². The number of halogens is 2. The number of nitro groups is 1. The summed E-state index contributed by atoms with van der Waals surface area (Å²) in [5.41, 5.74) is 6.38. The quantitative estimate of drug-likeness (QED) is 0.0279. The van der Waals surface area contributed by atoms with E-state index in [4.69, 9.17) is 42.7 Å². The third kappa shape index (κ3) is 17.7. The number of carbonyl (C=O) groups excluding carboxylic acids is 4. The highest BCUT2D eigenvalue weighted by molar-refractivity contribution is 7.53. The maximum atomic E-state index is 12.7. The van der Waals surface area contributed by atoms with Gasteiger partial charge in [0.05, 0.1) is 40.4 Å². The number of carbonyl (C=O) groups is 4. The second kappa shape index (κ2) is 27.1. The molecule has 21 heteroatoms. The minimum atomic E-state index is -3.28.